The van der Waals surface area contributed by atoms with E-state index in [2.05, 4.69) is 20.9 Å². The van der Waals surface area contributed by atoms with Crippen molar-refractivity contribution in [2.45, 2.75) is 78.3 Å². The van der Waals surface area contributed by atoms with Crippen molar-refractivity contribution in [1.82, 2.24) is 20.9 Å². The van der Waals surface area contributed by atoms with Crippen LogP contribution in [0.2, 0.25) is 0 Å². The Bertz CT molecular complexity index is 1130. The fraction of sp³-hybridized carbons (Fsp3) is 0.577. The van der Waals surface area contributed by atoms with Gasteiger partial charge in [-0.15, -0.1) is 0 Å². The first-order valence-corrected chi connectivity index (χ1v) is 14.6. The van der Waals surface area contributed by atoms with Gasteiger partial charge in [0.2, 0.25) is 11.8 Å². The number of carbonyl (C=O) groups is 3. The third-order valence-electron chi connectivity index (χ3n) is 6.02. The Hall–Kier alpha value is -2.72. The summed E-state index contributed by atoms with van der Waals surface area (Å²) in [5.74, 6) is -2.98. The first kappa shape index (κ1) is 31.5. The second kappa shape index (κ2) is 14.4. The van der Waals surface area contributed by atoms with Gasteiger partial charge in [0.1, 0.15) is 17.9 Å². The van der Waals surface area contributed by atoms with Crippen LogP contribution in [0, 0.1) is 5.92 Å². The average molecular weight is 553 g/mol. The van der Waals surface area contributed by atoms with E-state index in [4.69, 9.17) is 9.05 Å². The highest BCUT2D eigenvalue weighted by molar-refractivity contribution is 7.54. The maximum absolute atomic E-state index is 13.5. The van der Waals surface area contributed by atoms with Gasteiger partial charge in [-0.1, -0.05) is 32.0 Å². The van der Waals surface area contributed by atoms with E-state index in [-0.39, 0.29) is 25.6 Å². The van der Waals surface area contributed by atoms with E-state index in [1.807, 2.05) is 38.1 Å². The number of aromatic amines is 1. The molecule has 38 heavy (non-hydrogen) atoms. The topological polar surface area (TPSA) is 159 Å². The van der Waals surface area contributed by atoms with Crippen molar-refractivity contribution in [2.75, 3.05) is 13.2 Å². The molecule has 0 bridgehead atoms. The Morgan fingerprint density at radius 1 is 0.974 bits per heavy atom. The number of aliphatic carboxylic acids is 1. The third kappa shape index (κ3) is 8.66. The van der Waals surface area contributed by atoms with E-state index >= 15 is 0 Å². The highest BCUT2D eigenvalue weighted by Gasteiger charge is 2.36. The van der Waals surface area contributed by atoms with Crippen molar-refractivity contribution in [3.8, 4) is 0 Å². The Balaban J connectivity index is 2.32. The minimum Gasteiger partial charge on any atom is -0.480 e. The van der Waals surface area contributed by atoms with Crippen LogP contribution in [0.3, 0.4) is 0 Å². The number of carboxylic acid groups (broad SMARTS) is 1. The van der Waals surface area contributed by atoms with Gasteiger partial charge in [0, 0.05) is 23.5 Å². The number of amides is 2. The molecule has 2 rings (SSSR count). The second-order valence-electron chi connectivity index (χ2n) is 9.59. The van der Waals surface area contributed by atoms with Gasteiger partial charge >= 0.3 is 13.6 Å². The monoisotopic (exact) mass is 552 g/mol. The molecule has 4 atom stereocenters. The molecule has 5 N–H and O–H groups in total. The number of aromatic nitrogens is 1. The summed E-state index contributed by atoms with van der Waals surface area (Å²) in [6.45, 7) is 10.7. The van der Waals surface area contributed by atoms with E-state index < -0.39 is 49.3 Å². The van der Waals surface area contributed by atoms with Crippen molar-refractivity contribution < 1.29 is 33.1 Å². The maximum Gasteiger partial charge on any atom is 0.347 e. The van der Waals surface area contributed by atoms with Crippen molar-refractivity contribution in [1.29, 1.82) is 0 Å². The molecule has 0 saturated carbocycles. The quantitative estimate of drug-likeness (QED) is 0.198. The lowest BCUT2D eigenvalue weighted by atomic mass is 10.0. The lowest BCUT2D eigenvalue weighted by molar-refractivity contribution is -0.141. The smallest absolute Gasteiger partial charge is 0.347 e. The third-order valence-corrected chi connectivity index (χ3v) is 8.35. The summed E-state index contributed by atoms with van der Waals surface area (Å²) in [7, 11) is -3.54. The summed E-state index contributed by atoms with van der Waals surface area (Å²) >= 11 is 0. The molecule has 0 aliphatic rings. The van der Waals surface area contributed by atoms with Crippen molar-refractivity contribution in [3.05, 3.63) is 36.0 Å². The molecule has 0 saturated heterocycles. The second-order valence-corrected chi connectivity index (χ2v) is 12.0. The molecule has 0 aliphatic carbocycles. The Kier molecular flexibility index (Phi) is 12.0. The van der Waals surface area contributed by atoms with Gasteiger partial charge in [-0.3, -0.25) is 24.3 Å². The van der Waals surface area contributed by atoms with Gasteiger partial charge in [-0.2, -0.15) is 0 Å². The number of rotatable bonds is 16. The number of nitrogens with one attached hydrogen (secondary N) is 4. The van der Waals surface area contributed by atoms with Crippen LogP contribution < -0.4 is 16.0 Å². The molecule has 11 nitrogen and oxygen atoms in total. The summed E-state index contributed by atoms with van der Waals surface area (Å²) in [4.78, 5) is 41.2. The number of benzene rings is 1. The molecule has 2 aromatic rings. The molecule has 0 aliphatic heterocycles. The van der Waals surface area contributed by atoms with Gasteiger partial charge in [-0.25, -0.2) is 0 Å². The first-order valence-electron chi connectivity index (χ1n) is 12.9. The molecular weight excluding hydrogens is 511 g/mol. The van der Waals surface area contributed by atoms with E-state index in [0.29, 0.717) is 6.42 Å². The van der Waals surface area contributed by atoms with Crippen molar-refractivity contribution in [3.63, 3.8) is 0 Å². The fourth-order valence-corrected chi connectivity index (χ4v) is 5.71. The minimum absolute atomic E-state index is 0.0944. The average Bonchev–Trinajstić information content (AvgIpc) is 3.25. The first-order chi connectivity index (χ1) is 17.9. The normalized spacial score (nSPS) is 15.1. The summed E-state index contributed by atoms with van der Waals surface area (Å²) in [5.41, 5.74) is 1.67. The zero-order chi connectivity index (χ0) is 28.5. The Labute approximate surface area is 224 Å². The summed E-state index contributed by atoms with van der Waals surface area (Å²) in [5, 5.41) is 18.5. The molecule has 1 heterocycles. The lowest BCUT2D eigenvalue weighted by Crippen LogP contribution is -2.56. The summed E-state index contributed by atoms with van der Waals surface area (Å²) < 4.78 is 24.1. The molecule has 0 radical (unpaired) electrons. The lowest BCUT2D eigenvalue weighted by Gasteiger charge is -2.30. The highest BCUT2D eigenvalue weighted by Crippen LogP contribution is 2.51. The van der Waals surface area contributed by atoms with Gasteiger partial charge in [0.05, 0.1) is 19.3 Å². The van der Waals surface area contributed by atoms with Crippen LogP contribution >= 0.6 is 7.60 Å². The zero-order valence-corrected chi connectivity index (χ0v) is 23.8. The number of H-pyrrole nitrogens is 1. The van der Waals surface area contributed by atoms with Crippen LogP contribution in [0.4, 0.5) is 0 Å². The largest absolute Gasteiger partial charge is 0.480 e. The van der Waals surface area contributed by atoms with Crippen molar-refractivity contribution >= 4 is 36.3 Å². The number of para-hydroxylation sites is 1. The molecule has 0 fully saturated rings. The van der Waals surface area contributed by atoms with Crippen molar-refractivity contribution in [2.24, 2.45) is 5.92 Å². The van der Waals surface area contributed by atoms with Crippen LogP contribution in [0.15, 0.2) is 30.5 Å². The molecule has 0 spiro atoms. The van der Waals surface area contributed by atoms with Gasteiger partial charge < -0.3 is 29.8 Å². The van der Waals surface area contributed by atoms with E-state index in [9.17, 15) is 24.1 Å². The standard InChI is InChI=1S/C26H41N4O7P/c1-7-36-38(35,37-8-2)18(6)29-22(13-16(3)4)25(32)30-23(24(31)28-17(5)26(33)34)14-19-15-27-21-12-10-9-11-20(19)21/h9-12,15-18,22-23,27,29H,7-8,13-14H2,1-6H3,(H,28,31)(H,30,32)(H,33,34)/t17-,18?,22-,23-/m0/s1. The van der Waals surface area contributed by atoms with Crippen LogP contribution in [-0.4, -0.2) is 65.0 Å². The SMILES string of the molecule is CCOP(=O)(OCC)C(C)N[C@@H](CC(C)C)C(=O)N[C@@H](Cc1c[nH]c2ccccc12)C(=O)N[C@@H](C)C(=O)O. The molecule has 212 valence electrons. The van der Waals surface area contributed by atoms with Crippen LogP contribution in [0.5, 0.6) is 0 Å². The Morgan fingerprint density at radius 2 is 1.58 bits per heavy atom. The van der Waals surface area contributed by atoms with Crippen LogP contribution in [-0.2, 0) is 34.4 Å². The minimum atomic E-state index is -3.54. The summed E-state index contributed by atoms with van der Waals surface area (Å²) in [6, 6.07) is 4.56. The molecule has 1 aromatic carbocycles. The highest BCUT2D eigenvalue weighted by atomic mass is 31.2. The molecule has 1 aromatic heterocycles. The number of carboxylic acids is 1. The van der Waals surface area contributed by atoms with Gasteiger partial charge in [0.25, 0.3) is 0 Å². The van der Waals surface area contributed by atoms with Gasteiger partial charge in [-0.05, 0) is 51.7 Å². The molecule has 1 unspecified atom stereocenters. The van der Waals surface area contributed by atoms with E-state index in [1.54, 1.807) is 27.0 Å². The maximum atomic E-state index is 13.5. The van der Waals surface area contributed by atoms with E-state index in [1.165, 1.54) is 6.92 Å². The number of hydrogen-bond donors (Lipinski definition) is 5. The predicted molar refractivity (Wildman–Crippen MR) is 146 cm³/mol. The number of carbonyl (C=O) groups excluding carboxylic acids is 2. The number of hydrogen-bond acceptors (Lipinski definition) is 7. The molecule has 12 heteroatoms. The fourth-order valence-electron chi connectivity index (χ4n) is 4.10. The molecular formula is C26H41N4O7P. The summed E-state index contributed by atoms with van der Waals surface area (Å²) in [6.07, 6.45) is 2.29. The van der Waals surface area contributed by atoms with Gasteiger partial charge in [0.15, 0.2) is 0 Å². The number of fused-ring (bicyclic) bond motifs is 1. The zero-order valence-electron chi connectivity index (χ0n) is 22.9. The predicted octanol–water partition coefficient (Wildman–Crippen LogP) is 3.40. The van der Waals surface area contributed by atoms with Crippen LogP contribution in [0.25, 0.3) is 10.9 Å². The molecule has 2 amide bonds. The van der Waals surface area contributed by atoms with Crippen LogP contribution in [0.1, 0.15) is 53.5 Å². The Morgan fingerprint density at radius 3 is 2.16 bits per heavy atom. The van der Waals surface area contributed by atoms with E-state index in [0.717, 1.165) is 16.5 Å².